The molecule has 3 saturated heterocycles. The summed E-state index contributed by atoms with van der Waals surface area (Å²) in [6.07, 6.45) is 0.398. The Bertz CT molecular complexity index is 307. The highest BCUT2D eigenvalue weighted by molar-refractivity contribution is 5.05. The zero-order valence-electron chi connectivity index (χ0n) is 12.0. The lowest BCUT2D eigenvalue weighted by Gasteiger charge is -2.39. The van der Waals surface area contributed by atoms with Crippen molar-refractivity contribution in [3.63, 3.8) is 0 Å². The molecule has 0 aromatic heterocycles. The van der Waals surface area contributed by atoms with Crippen molar-refractivity contribution in [2.24, 2.45) is 11.8 Å². The summed E-state index contributed by atoms with van der Waals surface area (Å²) in [6, 6.07) is 0. The van der Waals surface area contributed by atoms with E-state index in [-0.39, 0.29) is 0 Å². The Hall–Kier alpha value is -0.160. The highest BCUT2D eigenvalue weighted by Crippen LogP contribution is 2.40. The molecule has 3 aliphatic heterocycles. The Kier molecular flexibility index (Phi) is 3.39. The van der Waals surface area contributed by atoms with Crippen molar-refractivity contribution in [1.82, 2.24) is 15.1 Å². The Labute approximate surface area is 111 Å². The van der Waals surface area contributed by atoms with Gasteiger partial charge >= 0.3 is 0 Å². The first kappa shape index (κ1) is 12.9. The molecule has 0 aliphatic carbocycles. The number of nitrogens with zero attached hydrogens (tertiary/aromatic N) is 2. The Morgan fingerprint density at radius 2 is 2.11 bits per heavy atom. The van der Waals surface area contributed by atoms with Gasteiger partial charge in [0.25, 0.3) is 0 Å². The highest BCUT2D eigenvalue weighted by Gasteiger charge is 2.49. The van der Waals surface area contributed by atoms with E-state index in [1.807, 2.05) is 0 Å². The maximum Gasteiger partial charge on any atom is 0.0829 e. The molecule has 3 unspecified atom stereocenters. The molecule has 18 heavy (non-hydrogen) atoms. The van der Waals surface area contributed by atoms with Crippen LogP contribution in [-0.4, -0.2) is 74.4 Å². The maximum absolute atomic E-state index is 5.93. The maximum atomic E-state index is 5.93. The van der Waals surface area contributed by atoms with E-state index in [9.17, 15) is 0 Å². The molecule has 3 heterocycles. The zero-order valence-corrected chi connectivity index (χ0v) is 12.0. The number of ether oxygens (including phenoxy) is 1. The van der Waals surface area contributed by atoms with Crippen LogP contribution in [0.4, 0.5) is 0 Å². The molecule has 0 amide bonds. The lowest BCUT2D eigenvalue weighted by molar-refractivity contribution is -0.0460. The summed E-state index contributed by atoms with van der Waals surface area (Å²) in [7, 11) is 2.20. The normalized spacial score (nSPS) is 41.2. The summed E-state index contributed by atoms with van der Waals surface area (Å²) in [5.41, 5.74) is 0.327. The SMILES string of the molecule is CN1CCOC(CN2CC3CNCC3C2(C)C)C1. The lowest BCUT2D eigenvalue weighted by atomic mass is 9.85. The predicted octanol–water partition coefficient (Wildman–Crippen LogP) is 0.247. The van der Waals surface area contributed by atoms with E-state index in [0.29, 0.717) is 11.6 Å². The van der Waals surface area contributed by atoms with Gasteiger partial charge in [-0.15, -0.1) is 0 Å². The van der Waals surface area contributed by atoms with Crippen LogP contribution in [0.3, 0.4) is 0 Å². The van der Waals surface area contributed by atoms with Crippen molar-refractivity contribution in [1.29, 1.82) is 0 Å². The fourth-order valence-corrected chi connectivity index (χ4v) is 4.04. The van der Waals surface area contributed by atoms with Gasteiger partial charge in [0.2, 0.25) is 0 Å². The smallest absolute Gasteiger partial charge is 0.0829 e. The van der Waals surface area contributed by atoms with E-state index < -0.39 is 0 Å². The third-order valence-electron chi connectivity index (χ3n) is 5.28. The molecule has 0 spiro atoms. The highest BCUT2D eigenvalue weighted by atomic mass is 16.5. The molecule has 4 heteroatoms. The second kappa shape index (κ2) is 4.75. The second-order valence-electron chi connectivity index (χ2n) is 6.84. The van der Waals surface area contributed by atoms with Gasteiger partial charge in [0.1, 0.15) is 0 Å². The number of morpholine rings is 1. The first-order valence-corrected chi connectivity index (χ1v) is 7.33. The summed E-state index contributed by atoms with van der Waals surface area (Å²) >= 11 is 0. The molecule has 1 N–H and O–H groups in total. The zero-order chi connectivity index (χ0) is 12.8. The van der Waals surface area contributed by atoms with E-state index in [2.05, 4.69) is 36.0 Å². The fourth-order valence-electron chi connectivity index (χ4n) is 4.04. The third-order valence-corrected chi connectivity index (χ3v) is 5.28. The largest absolute Gasteiger partial charge is 0.374 e. The van der Waals surface area contributed by atoms with Gasteiger partial charge in [-0.25, -0.2) is 0 Å². The van der Waals surface area contributed by atoms with Gasteiger partial charge in [-0.2, -0.15) is 0 Å². The number of likely N-dealkylation sites (tertiary alicyclic amines) is 1. The summed E-state index contributed by atoms with van der Waals surface area (Å²) in [6.45, 7) is 12.6. The monoisotopic (exact) mass is 253 g/mol. The van der Waals surface area contributed by atoms with Crippen LogP contribution in [-0.2, 0) is 4.74 Å². The molecular formula is C14H27N3O. The van der Waals surface area contributed by atoms with E-state index in [0.717, 1.165) is 38.1 Å². The van der Waals surface area contributed by atoms with Crippen LogP contribution in [0.2, 0.25) is 0 Å². The molecule has 3 aliphatic rings. The minimum absolute atomic E-state index is 0.327. The summed E-state index contributed by atoms with van der Waals surface area (Å²) in [5, 5.41) is 3.54. The quantitative estimate of drug-likeness (QED) is 0.763. The Morgan fingerprint density at radius 3 is 2.83 bits per heavy atom. The van der Waals surface area contributed by atoms with E-state index in [1.165, 1.54) is 19.6 Å². The average Bonchev–Trinajstić information content (AvgIpc) is 2.84. The second-order valence-corrected chi connectivity index (χ2v) is 6.84. The lowest BCUT2D eigenvalue weighted by Crippen LogP contribution is -2.51. The van der Waals surface area contributed by atoms with Crippen LogP contribution in [0.1, 0.15) is 13.8 Å². The molecule has 0 aromatic rings. The average molecular weight is 253 g/mol. The van der Waals surface area contributed by atoms with Crippen molar-refractivity contribution < 1.29 is 4.74 Å². The van der Waals surface area contributed by atoms with E-state index >= 15 is 0 Å². The van der Waals surface area contributed by atoms with Gasteiger partial charge in [-0.3, -0.25) is 4.90 Å². The minimum Gasteiger partial charge on any atom is -0.374 e. The molecule has 4 nitrogen and oxygen atoms in total. The molecular weight excluding hydrogens is 226 g/mol. The van der Waals surface area contributed by atoms with Gasteiger partial charge in [-0.1, -0.05) is 0 Å². The standard InChI is InChI=1S/C14H27N3O/c1-14(2)13-7-15-6-11(13)8-17(14)10-12-9-16(3)4-5-18-12/h11-13,15H,4-10H2,1-3H3. The molecule has 0 radical (unpaired) electrons. The number of nitrogens with one attached hydrogen (secondary N) is 1. The van der Waals surface area contributed by atoms with Crippen LogP contribution < -0.4 is 5.32 Å². The number of hydrogen-bond acceptors (Lipinski definition) is 4. The van der Waals surface area contributed by atoms with Crippen LogP contribution in [0, 0.1) is 11.8 Å². The number of likely N-dealkylation sites (N-methyl/N-ethyl adjacent to an activating group) is 1. The fraction of sp³-hybridized carbons (Fsp3) is 1.00. The molecule has 0 aromatic carbocycles. The van der Waals surface area contributed by atoms with Gasteiger partial charge in [0.15, 0.2) is 0 Å². The summed E-state index contributed by atoms with van der Waals surface area (Å²) in [4.78, 5) is 5.06. The summed E-state index contributed by atoms with van der Waals surface area (Å²) < 4.78 is 5.93. The number of fused-ring (bicyclic) bond motifs is 1. The van der Waals surface area contributed by atoms with E-state index in [4.69, 9.17) is 4.74 Å². The minimum atomic E-state index is 0.327. The first-order valence-electron chi connectivity index (χ1n) is 7.33. The topological polar surface area (TPSA) is 27.7 Å². The molecule has 3 fully saturated rings. The first-order chi connectivity index (χ1) is 8.57. The Morgan fingerprint density at radius 1 is 1.28 bits per heavy atom. The molecule has 0 saturated carbocycles. The van der Waals surface area contributed by atoms with Crippen LogP contribution in [0.25, 0.3) is 0 Å². The van der Waals surface area contributed by atoms with Gasteiger partial charge in [-0.05, 0) is 39.3 Å². The molecule has 104 valence electrons. The van der Waals surface area contributed by atoms with Crippen molar-refractivity contribution in [3.8, 4) is 0 Å². The van der Waals surface area contributed by atoms with Crippen LogP contribution in [0.15, 0.2) is 0 Å². The molecule has 3 rings (SSSR count). The van der Waals surface area contributed by atoms with Gasteiger partial charge in [0, 0.05) is 38.3 Å². The summed E-state index contributed by atoms with van der Waals surface area (Å²) in [5.74, 6) is 1.67. The third kappa shape index (κ3) is 2.20. The van der Waals surface area contributed by atoms with Gasteiger partial charge < -0.3 is 15.0 Å². The van der Waals surface area contributed by atoms with E-state index in [1.54, 1.807) is 0 Å². The van der Waals surface area contributed by atoms with Crippen molar-refractivity contribution in [3.05, 3.63) is 0 Å². The predicted molar refractivity (Wildman–Crippen MR) is 72.7 cm³/mol. The van der Waals surface area contributed by atoms with Crippen molar-refractivity contribution in [2.75, 3.05) is 52.9 Å². The number of hydrogen-bond donors (Lipinski definition) is 1. The van der Waals surface area contributed by atoms with Crippen molar-refractivity contribution in [2.45, 2.75) is 25.5 Å². The van der Waals surface area contributed by atoms with Crippen molar-refractivity contribution >= 4 is 0 Å². The molecule has 3 atom stereocenters. The number of rotatable bonds is 2. The van der Waals surface area contributed by atoms with Crippen LogP contribution >= 0.6 is 0 Å². The van der Waals surface area contributed by atoms with Gasteiger partial charge in [0.05, 0.1) is 12.7 Å². The Balaban J connectivity index is 1.63. The van der Waals surface area contributed by atoms with Crippen LogP contribution in [0.5, 0.6) is 0 Å². The molecule has 0 bridgehead atoms.